The zero-order valence-electron chi connectivity index (χ0n) is 8.84. The summed E-state index contributed by atoms with van der Waals surface area (Å²) in [5, 5.41) is 0. The summed E-state index contributed by atoms with van der Waals surface area (Å²) in [5.74, 6) is 1.07. The minimum Gasteiger partial charge on any atom is -0.303 e. The van der Waals surface area contributed by atoms with Crippen LogP contribution in [0.5, 0.6) is 0 Å². The molecule has 0 N–H and O–H groups in total. The highest BCUT2D eigenvalue weighted by Crippen LogP contribution is 2.34. The van der Waals surface area contributed by atoms with Gasteiger partial charge in [0.1, 0.15) is 0 Å². The molecule has 2 atom stereocenters. The molecule has 1 saturated carbocycles. The molecule has 1 nitrogen and oxygen atoms in total. The Morgan fingerprint density at radius 1 is 1.00 bits per heavy atom. The van der Waals surface area contributed by atoms with Crippen LogP contribution in [0.1, 0.15) is 53.4 Å². The van der Waals surface area contributed by atoms with Crippen molar-refractivity contribution in [2.45, 2.75) is 59.4 Å². The summed E-state index contributed by atoms with van der Waals surface area (Å²) in [6, 6.07) is 0.966. The maximum Gasteiger partial charge on any atom is 0.0121 e. The van der Waals surface area contributed by atoms with E-state index in [9.17, 15) is 0 Å². The molecule has 1 saturated heterocycles. The Bertz CT molecular complexity index is 120. The van der Waals surface area contributed by atoms with Gasteiger partial charge in [-0.05, 0) is 38.8 Å². The first-order valence-electron chi connectivity index (χ1n) is 5.58. The highest BCUT2D eigenvalue weighted by molar-refractivity contribution is 4.87. The van der Waals surface area contributed by atoms with Crippen molar-refractivity contribution in [3.8, 4) is 0 Å². The van der Waals surface area contributed by atoms with E-state index >= 15 is 0 Å². The molecule has 2 rings (SSSR count). The summed E-state index contributed by atoms with van der Waals surface area (Å²) >= 11 is 0. The molecule has 1 aliphatic heterocycles. The van der Waals surface area contributed by atoms with Crippen LogP contribution >= 0.6 is 0 Å². The molecule has 1 aliphatic carbocycles. The molecule has 0 amide bonds. The normalized spacial score (nSPS) is 32.5. The summed E-state index contributed by atoms with van der Waals surface area (Å²) in [6.45, 7) is 5.36. The lowest BCUT2D eigenvalue weighted by atomic mass is 9.85. The molecule has 1 heteroatoms. The number of rotatable bonds is 0. The SMILES string of the molecule is C.CC.CN1CCC2CCCCC21. The quantitative estimate of drug-likeness (QED) is 0.558. The molecule has 0 aromatic heterocycles. The molecule has 2 unspecified atom stereocenters. The van der Waals surface area contributed by atoms with Crippen LogP contribution in [-0.4, -0.2) is 24.5 Å². The fraction of sp³-hybridized carbons (Fsp3) is 1.00. The molecule has 0 bridgehead atoms. The summed E-state index contributed by atoms with van der Waals surface area (Å²) in [7, 11) is 2.29. The Morgan fingerprint density at radius 3 is 2.23 bits per heavy atom. The van der Waals surface area contributed by atoms with Crippen molar-refractivity contribution < 1.29 is 0 Å². The van der Waals surface area contributed by atoms with E-state index in [1.807, 2.05) is 13.8 Å². The van der Waals surface area contributed by atoms with E-state index in [1.165, 1.54) is 38.6 Å². The van der Waals surface area contributed by atoms with Gasteiger partial charge in [0, 0.05) is 6.04 Å². The Kier molecular flexibility index (Phi) is 6.40. The first-order valence-corrected chi connectivity index (χ1v) is 5.58. The standard InChI is InChI=1S/C9H17N.C2H6.CH4/c1-10-7-6-8-4-2-3-5-9(8)10;1-2;/h8-9H,2-7H2,1H3;1-2H3;1H4. The smallest absolute Gasteiger partial charge is 0.0121 e. The Labute approximate surface area is 84.5 Å². The van der Waals surface area contributed by atoms with Crippen molar-refractivity contribution in [1.29, 1.82) is 0 Å². The van der Waals surface area contributed by atoms with Crippen LogP contribution in [0.2, 0.25) is 0 Å². The summed E-state index contributed by atoms with van der Waals surface area (Å²) in [5.41, 5.74) is 0. The van der Waals surface area contributed by atoms with Gasteiger partial charge in [0.05, 0.1) is 0 Å². The van der Waals surface area contributed by atoms with Gasteiger partial charge in [-0.15, -0.1) is 0 Å². The number of fused-ring (bicyclic) bond motifs is 1. The third-order valence-electron chi connectivity index (χ3n) is 3.29. The summed E-state index contributed by atoms with van der Waals surface area (Å²) < 4.78 is 0. The number of likely N-dealkylation sites (tertiary alicyclic amines) is 1. The van der Waals surface area contributed by atoms with Gasteiger partial charge in [-0.3, -0.25) is 0 Å². The molecular formula is C12H27N. The van der Waals surface area contributed by atoms with Crippen LogP contribution in [0, 0.1) is 5.92 Å². The molecule has 1 heterocycles. The van der Waals surface area contributed by atoms with Crippen molar-refractivity contribution in [2.24, 2.45) is 5.92 Å². The van der Waals surface area contributed by atoms with Gasteiger partial charge in [0.15, 0.2) is 0 Å². The molecule has 2 fully saturated rings. The lowest BCUT2D eigenvalue weighted by Crippen LogP contribution is -2.31. The van der Waals surface area contributed by atoms with E-state index < -0.39 is 0 Å². The molecule has 0 aromatic rings. The summed E-state index contributed by atoms with van der Waals surface area (Å²) in [4.78, 5) is 2.56. The van der Waals surface area contributed by atoms with Gasteiger partial charge in [0.2, 0.25) is 0 Å². The van der Waals surface area contributed by atoms with Gasteiger partial charge < -0.3 is 4.90 Å². The lowest BCUT2D eigenvalue weighted by Gasteiger charge is -2.28. The van der Waals surface area contributed by atoms with Gasteiger partial charge >= 0.3 is 0 Å². The van der Waals surface area contributed by atoms with E-state index in [4.69, 9.17) is 0 Å². The van der Waals surface area contributed by atoms with Crippen LogP contribution in [0.25, 0.3) is 0 Å². The first kappa shape index (κ1) is 13.0. The van der Waals surface area contributed by atoms with Crippen LogP contribution in [0.3, 0.4) is 0 Å². The predicted molar refractivity (Wildman–Crippen MR) is 61.1 cm³/mol. The zero-order chi connectivity index (χ0) is 8.97. The van der Waals surface area contributed by atoms with Crippen molar-refractivity contribution >= 4 is 0 Å². The fourth-order valence-corrected chi connectivity index (χ4v) is 2.64. The van der Waals surface area contributed by atoms with Crippen LogP contribution in [0.4, 0.5) is 0 Å². The number of hydrogen-bond acceptors (Lipinski definition) is 1. The molecule has 13 heavy (non-hydrogen) atoms. The van der Waals surface area contributed by atoms with E-state index in [0.717, 1.165) is 12.0 Å². The topological polar surface area (TPSA) is 3.24 Å². The zero-order valence-corrected chi connectivity index (χ0v) is 8.84. The average molecular weight is 185 g/mol. The van der Waals surface area contributed by atoms with Crippen LogP contribution in [0.15, 0.2) is 0 Å². The van der Waals surface area contributed by atoms with Crippen molar-refractivity contribution in [3.63, 3.8) is 0 Å². The summed E-state index contributed by atoms with van der Waals surface area (Å²) in [6.07, 6.45) is 7.43. The van der Waals surface area contributed by atoms with Crippen molar-refractivity contribution in [2.75, 3.05) is 13.6 Å². The average Bonchev–Trinajstić information content (AvgIpc) is 2.53. The highest BCUT2D eigenvalue weighted by atomic mass is 15.2. The van der Waals surface area contributed by atoms with Gasteiger partial charge in [-0.1, -0.05) is 34.1 Å². The van der Waals surface area contributed by atoms with Crippen LogP contribution in [-0.2, 0) is 0 Å². The molecule has 0 spiro atoms. The number of hydrogen-bond donors (Lipinski definition) is 0. The first-order chi connectivity index (χ1) is 5.88. The van der Waals surface area contributed by atoms with E-state index in [2.05, 4.69) is 11.9 Å². The molecule has 0 aromatic carbocycles. The second-order valence-corrected chi connectivity index (χ2v) is 3.88. The fourth-order valence-electron chi connectivity index (χ4n) is 2.64. The Balaban J connectivity index is 0.000000451. The lowest BCUT2D eigenvalue weighted by molar-refractivity contribution is 0.215. The second-order valence-electron chi connectivity index (χ2n) is 3.88. The minimum absolute atomic E-state index is 0. The maximum atomic E-state index is 2.56. The third-order valence-corrected chi connectivity index (χ3v) is 3.29. The predicted octanol–water partition coefficient (Wildman–Crippen LogP) is 3.54. The monoisotopic (exact) mass is 185 g/mol. The van der Waals surface area contributed by atoms with E-state index in [1.54, 1.807) is 0 Å². The Hall–Kier alpha value is -0.0400. The third kappa shape index (κ3) is 2.98. The largest absolute Gasteiger partial charge is 0.303 e. The van der Waals surface area contributed by atoms with Crippen LogP contribution < -0.4 is 0 Å². The van der Waals surface area contributed by atoms with E-state index in [-0.39, 0.29) is 7.43 Å². The Morgan fingerprint density at radius 2 is 1.62 bits per heavy atom. The highest BCUT2D eigenvalue weighted by Gasteiger charge is 2.32. The van der Waals surface area contributed by atoms with Gasteiger partial charge in [0.25, 0.3) is 0 Å². The molecule has 80 valence electrons. The number of nitrogens with zero attached hydrogens (tertiary/aromatic N) is 1. The van der Waals surface area contributed by atoms with Gasteiger partial charge in [-0.25, -0.2) is 0 Å². The minimum atomic E-state index is 0. The maximum absolute atomic E-state index is 2.56. The van der Waals surface area contributed by atoms with E-state index in [0.29, 0.717) is 0 Å². The van der Waals surface area contributed by atoms with Gasteiger partial charge in [-0.2, -0.15) is 0 Å². The molecule has 0 radical (unpaired) electrons. The molecular weight excluding hydrogens is 158 g/mol. The molecule has 2 aliphatic rings. The van der Waals surface area contributed by atoms with Crippen molar-refractivity contribution in [1.82, 2.24) is 4.90 Å². The second kappa shape index (κ2) is 6.42. The van der Waals surface area contributed by atoms with Crippen molar-refractivity contribution in [3.05, 3.63) is 0 Å².